The normalized spacial score (nSPS) is 27.7. The summed E-state index contributed by atoms with van der Waals surface area (Å²) in [6.45, 7) is 6.72. The van der Waals surface area contributed by atoms with E-state index in [2.05, 4.69) is 29.6 Å². The van der Waals surface area contributed by atoms with E-state index < -0.39 is 5.60 Å². The predicted molar refractivity (Wildman–Crippen MR) is 84.5 cm³/mol. The maximum absolute atomic E-state index is 11.7. The van der Waals surface area contributed by atoms with Gasteiger partial charge < -0.3 is 20.3 Å². The lowest BCUT2D eigenvalue weighted by molar-refractivity contribution is 0.0410. The van der Waals surface area contributed by atoms with Gasteiger partial charge in [0.2, 0.25) is 0 Å². The summed E-state index contributed by atoms with van der Waals surface area (Å²) in [5.74, 6) is 0. The van der Waals surface area contributed by atoms with Crippen molar-refractivity contribution in [1.82, 2.24) is 15.5 Å². The summed E-state index contributed by atoms with van der Waals surface area (Å²) in [4.78, 5) is 14.0. The number of likely N-dealkylation sites (N-methyl/N-ethyl adjacent to an activating group) is 1. The first kappa shape index (κ1) is 16.6. The Kier molecular flexibility index (Phi) is 4.83. The van der Waals surface area contributed by atoms with Crippen LogP contribution in [0.4, 0.5) is 4.79 Å². The van der Waals surface area contributed by atoms with Crippen molar-refractivity contribution in [3.8, 4) is 0 Å². The number of nitrogens with zero attached hydrogens (tertiary/aromatic N) is 1. The van der Waals surface area contributed by atoms with E-state index in [0.29, 0.717) is 11.6 Å². The molecule has 2 fully saturated rings. The second kappa shape index (κ2) is 6.13. The van der Waals surface area contributed by atoms with Crippen molar-refractivity contribution in [2.75, 3.05) is 20.6 Å². The molecular weight excluding hydrogens is 266 g/mol. The zero-order valence-electron chi connectivity index (χ0n) is 14.2. The highest BCUT2D eigenvalue weighted by atomic mass is 16.6. The molecule has 21 heavy (non-hydrogen) atoms. The molecule has 0 spiro atoms. The number of amides is 1. The average Bonchev–Trinajstić information content (AvgIpc) is 2.20. The Morgan fingerprint density at radius 1 is 1.24 bits per heavy atom. The first-order chi connectivity index (χ1) is 9.70. The van der Waals surface area contributed by atoms with Crippen LogP contribution in [0.3, 0.4) is 0 Å². The minimum Gasteiger partial charge on any atom is -0.444 e. The average molecular weight is 297 g/mol. The molecule has 0 saturated heterocycles. The maximum atomic E-state index is 11.7. The number of carbonyl (C=O) groups is 1. The van der Waals surface area contributed by atoms with Gasteiger partial charge in [-0.25, -0.2) is 4.79 Å². The summed E-state index contributed by atoms with van der Waals surface area (Å²) in [5.41, 5.74) is -0.0581. The third kappa shape index (κ3) is 4.33. The SMILES string of the molecule is CN(C)C1(CNC2CC(NC(=O)OC(C)(C)C)C2)CCC1. The number of hydrogen-bond donors (Lipinski definition) is 2. The summed E-state index contributed by atoms with van der Waals surface area (Å²) >= 11 is 0. The molecule has 0 aromatic rings. The standard InChI is InChI=1S/C16H31N3O2/c1-15(2,3)21-14(20)18-13-9-12(10-13)17-11-16(19(4)5)7-6-8-16/h12-13,17H,6-11H2,1-5H3,(H,18,20). The van der Waals surface area contributed by atoms with Gasteiger partial charge in [-0.2, -0.15) is 0 Å². The van der Waals surface area contributed by atoms with Gasteiger partial charge in [-0.1, -0.05) is 0 Å². The van der Waals surface area contributed by atoms with Crippen LogP contribution in [0.2, 0.25) is 0 Å². The van der Waals surface area contributed by atoms with E-state index >= 15 is 0 Å². The van der Waals surface area contributed by atoms with E-state index in [1.54, 1.807) is 0 Å². The van der Waals surface area contributed by atoms with Crippen molar-refractivity contribution >= 4 is 6.09 Å². The van der Waals surface area contributed by atoms with Crippen LogP contribution in [0.25, 0.3) is 0 Å². The minimum absolute atomic E-state index is 0.258. The Balaban J connectivity index is 1.62. The molecule has 0 aromatic heterocycles. The monoisotopic (exact) mass is 297 g/mol. The summed E-state index contributed by atoms with van der Waals surface area (Å²) in [6, 6.07) is 0.788. The number of rotatable bonds is 5. The summed E-state index contributed by atoms with van der Waals surface area (Å²) in [7, 11) is 4.35. The molecule has 5 heteroatoms. The zero-order valence-corrected chi connectivity index (χ0v) is 14.2. The van der Waals surface area contributed by atoms with Crippen LogP contribution in [0.1, 0.15) is 52.9 Å². The van der Waals surface area contributed by atoms with Gasteiger partial charge in [0.1, 0.15) is 5.60 Å². The van der Waals surface area contributed by atoms with Crippen molar-refractivity contribution in [1.29, 1.82) is 0 Å². The predicted octanol–water partition coefficient (Wildman–Crippen LogP) is 2.12. The van der Waals surface area contributed by atoms with Gasteiger partial charge >= 0.3 is 6.09 Å². The van der Waals surface area contributed by atoms with Crippen LogP contribution in [-0.4, -0.2) is 54.9 Å². The van der Waals surface area contributed by atoms with Crippen LogP contribution in [0.5, 0.6) is 0 Å². The molecular formula is C16H31N3O2. The number of hydrogen-bond acceptors (Lipinski definition) is 4. The first-order valence-electron chi connectivity index (χ1n) is 8.10. The number of nitrogens with one attached hydrogen (secondary N) is 2. The fraction of sp³-hybridized carbons (Fsp3) is 0.938. The Bertz CT molecular complexity index is 366. The molecule has 5 nitrogen and oxygen atoms in total. The second-order valence-corrected chi connectivity index (χ2v) is 7.86. The molecule has 2 aliphatic carbocycles. The lowest BCUT2D eigenvalue weighted by Gasteiger charge is -2.49. The first-order valence-corrected chi connectivity index (χ1v) is 8.10. The molecule has 2 rings (SSSR count). The van der Waals surface area contributed by atoms with Crippen LogP contribution >= 0.6 is 0 Å². The summed E-state index contributed by atoms with van der Waals surface area (Å²) in [6.07, 6.45) is 5.63. The summed E-state index contributed by atoms with van der Waals surface area (Å²) < 4.78 is 5.27. The molecule has 0 bridgehead atoms. The van der Waals surface area contributed by atoms with E-state index in [-0.39, 0.29) is 12.1 Å². The molecule has 1 amide bonds. The van der Waals surface area contributed by atoms with E-state index in [1.807, 2.05) is 20.8 Å². The fourth-order valence-corrected chi connectivity index (χ4v) is 3.08. The van der Waals surface area contributed by atoms with Crippen molar-refractivity contribution in [3.05, 3.63) is 0 Å². The highest BCUT2D eigenvalue weighted by Crippen LogP contribution is 2.36. The Hall–Kier alpha value is -0.810. The zero-order chi connectivity index (χ0) is 15.7. The largest absolute Gasteiger partial charge is 0.444 e. The van der Waals surface area contributed by atoms with Crippen molar-refractivity contribution in [2.24, 2.45) is 0 Å². The smallest absolute Gasteiger partial charge is 0.407 e. The third-order valence-electron chi connectivity index (χ3n) is 4.81. The second-order valence-electron chi connectivity index (χ2n) is 7.86. The molecule has 0 aliphatic heterocycles. The topological polar surface area (TPSA) is 53.6 Å². The van der Waals surface area contributed by atoms with E-state index in [4.69, 9.17) is 4.74 Å². The van der Waals surface area contributed by atoms with Crippen molar-refractivity contribution in [2.45, 2.75) is 76.1 Å². The van der Waals surface area contributed by atoms with Gasteiger partial charge in [0.05, 0.1) is 0 Å². The Labute approximate surface area is 128 Å². The maximum Gasteiger partial charge on any atom is 0.407 e. The van der Waals surface area contributed by atoms with Crippen LogP contribution in [-0.2, 0) is 4.74 Å². The van der Waals surface area contributed by atoms with E-state index in [0.717, 1.165) is 19.4 Å². The molecule has 2 saturated carbocycles. The quantitative estimate of drug-likeness (QED) is 0.816. The van der Waals surface area contributed by atoms with Gasteiger partial charge in [-0.15, -0.1) is 0 Å². The number of alkyl carbamates (subject to hydrolysis) is 1. The van der Waals surface area contributed by atoms with Crippen molar-refractivity contribution < 1.29 is 9.53 Å². The fourth-order valence-electron chi connectivity index (χ4n) is 3.08. The molecule has 0 heterocycles. The molecule has 122 valence electrons. The van der Waals surface area contributed by atoms with Gasteiger partial charge in [-0.05, 0) is 67.0 Å². The number of ether oxygens (including phenoxy) is 1. The van der Waals surface area contributed by atoms with Gasteiger partial charge in [-0.3, -0.25) is 0 Å². The molecule has 0 unspecified atom stereocenters. The van der Waals surface area contributed by atoms with Crippen LogP contribution in [0.15, 0.2) is 0 Å². The highest BCUT2D eigenvalue weighted by Gasteiger charge is 2.40. The van der Waals surface area contributed by atoms with Gasteiger partial charge in [0.25, 0.3) is 0 Å². The molecule has 2 N–H and O–H groups in total. The third-order valence-corrected chi connectivity index (χ3v) is 4.81. The van der Waals surface area contributed by atoms with Crippen LogP contribution < -0.4 is 10.6 Å². The van der Waals surface area contributed by atoms with E-state index in [1.165, 1.54) is 19.3 Å². The van der Waals surface area contributed by atoms with Crippen LogP contribution in [0, 0.1) is 0 Å². The lowest BCUT2D eigenvalue weighted by Crippen LogP contribution is -2.61. The minimum atomic E-state index is -0.423. The summed E-state index contributed by atoms with van der Waals surface area (Å²) in [5, 5.41) is 6.60. The highest BCUT2D eigenvalue weighted by molar-refractivity contribution is 5.68. The van der Waals surface area contributed by atoms with Crippen molar-refractivity contribution in [3.63, 3.8) is 0 Å². The molecule has 0 aromatic carbocycles. The Morgan fingerprint density at radius 3 is 2.29 bits per heavy atom. The van der Waals surface area contributed by atoms with E-state index in [9.17, 15) is 4.79 Å². The lowest BCUT2D eigenvalue weighted by atomic mass is 9.75. The molecule has 2 aliphatic rings. The number of carbonyl (C=O) groups excluding carboxylic acids is 1. The Morgan fingerprint density at radius 2 is 1.86 bits per heavy atom. The van der Waals surface area contributed by atoms with Gasteiger partial charge in [0.15, 0.2) is 0 Å². The van der Waals surface area contributed by atoms with Gasteiger partial charge in [0, 0.05) is 24.2 Å². The molecule has 0 radical (unpaired) electrons. The molecule has 0 atom stereocenters.